The molecular formula is C18H18Br2N2O2. The molecule has 0 saturated heterocycles. The Bertz CT molecular complexity index is 730. The summed E-state index contributed by atoms with van der Waals surface area (Å²) in [6, 6.07) is 14.2. The summed E-state index contributed by atoms with van der Waals surface area (Å²) in [4.78, 5) is 26.1. The molecule has 0 fully saturated rings. The minimum absolute atomic E-state index is 0.0217. The molecule has 4 nitrogen and oxygen atoms in total. The van der Waals surface area contributed by atoms with E-state index in [-0.39, 0.29) is 18.2 Å². The van der Waals surface area contributed by atoms with E-state index < -0.39 is 6.04 Å². The van der Waals surface area contributed by atoms with Crippen molar-refractivity contribution >= 4 is 43.7 Å². The molecule has 0 aliphatic heterocycles. The monoisotopic (exact) mass is 452 g/mol. The molecule has 1 unspecified atom stereocenters. The molecule has 0 radical (unpaired) electrons. The molecular weight excluding hydrogens is 436 g/mol. The predicted molar refractivity (Wildman–Crippen MR) is 102 cm³/mol. The lowest BCUT2D eigenvalue weighted by Crippen LogP contribution is -2.38. The molecule has 0 aromatic heterocycles. The van der Waals surface area contributed by atoms with E-state index in [1.807, 2.05) is 36.4 Å². The Labute approximate surface area is 158 Å². The Kier molecular flexibility index (Phi) is 6.57. The number of rotatable bonds is 5. The number of carbonyl (C=O) groups is 2. The summed E-state index contributed by atoms with van der Waals surface area (Å²) in [5, 5.41) is 2.91. The third-order valence-corrected chi connectivity index (χ3v) is 4.53. The van der Waals surface area contributed by atoms with Crippen LogP contribution in [0.3, 0.4) is 0 Å². The fourth-order valence-corrected chi connectivity index (χ4v) is 2.87. The second-order valence-electron chi connectivity index (χ2n) is 5.59. The van der Waals surface area contributed by atoms with Crippen molar-refractivity contribution < 1.29 is 9.59 Å². The van der Waals surface area contributed by atoms with Gasteiger partial charge in [-0.1, -0.05) is 56.1 Å². The van der Waals surface area contributed by atoms with E-state index >= 15 is 0 Å². The van der Waals surface area contributed by atoms with Crippen molar-refractivity contribution in [2.75, 3.05) is 14.1 Å². The molecule has 1 atom stereocenters. The molecule has 0 bridgehead atoms. The zero-order valence-electron chi connectivity index (χ0n) is 13.4. The van der Waals surface area contributed by atoms with E-state index in [1.54, 1.807) is 26.2 Å². The van der Waals surface area contributed by atoms with Crippen molar-refractivity contribution in [2.24, 2.45) is 0 Å². The van der Waals surface area contributed by atoms with E-state index in [0.29, 0.717) is 5.56 Å². The molecule has 24 heavy (non-hydrogen) atoms. The third-order valence-electron chi connectivity index (χ3n) is 3.51. The summed E-state index contributed by atoms with van der Waals surface area (Å²) in [5.74, 6) is -0.0217. The van der Waals surface area contributed by atoms with Gasteiger partial charge in [0.1, 0.15) is 0 Å². The van der Waals surface area contributed by atoms with E-state index in [1.165, 1.54) is 4.90 Å². The number of Topliss-reactive ketones (excluding diaryl/α,β-unsaturated/α-hetero) is 1. The molecule has 1 N–H and O–H groups in total. The number of nitrogens with one attached hydrogen (secondary N) is 1. The number of amides is 2. The molecule has 2 aromatic rings. The number of ketones is 1. The van der Waals surface area contributed by atoms with Crippen LogP contribution >= 0.6 is 31.9 Å². The van der Waals surface area contributed by atoms with Crippen LogP contribution in [0.2, 0.25) is 0 Å². The standard InChI is InChI=1S/C18H18Br2N2O2/c1-22(2)18(24)21-16(13-4-3-5-15(20)10-13)11-17(23)12-6-8-14(19)9-7-12/h3-10,16H,11H2,1-2H3,(H,21,24). The molecule has 2 amide bonds. The molecule has 0 aliphatic rings. The number of benzene rings is 2. The van der Waals surface area contributed by atoms with Gasteiger partial charge in [-0.15, -0.1) is 0 Å². The maximum atomic E-state index is 12.6. The Morgan fingerprint density at radius 3 is 2.29 bits per heavy atom. The van der Waals surface area contributed by atoms with E-state index in [0.717, 1.165) is 14.5 Å². The molecule has 0 aliphatic carbocycles. The molecule has 126 valence electrons. The highest BCUT2D eigenvalue weighted by molar-refractivity contribution is 9.10. The molecule has 0 heterocycles. The zero-order chi connectivity index (χ0) is 17.7. The SMILES string of the molecule is CN(C)C(=O)NC(CC(=O)c1ccc(Br)cc1)c1cccc(Br)c1. The van der Waals surface area contributed by atoms with Crippen LogP contribution in [0.5, 0.6) is 0 Å². The molecule has 0 spiro atoms. The molecule has 2 rings (SSSR count). The van der Waals surface area contributed by atoms with Crippen LogP contribution in [-0.2, 0) is 0 Å². The number of halogens is 2. The average Bonchev–Trinajstić information content (AvgIpc) is 2.54. The first kappa shape index (κ1) is 18.7. The topological polar surface area (TPSA) is 49.4 Å². The van der Waals surface area contributed by atoms with Crippen molar-refractivity contribution in [1.82, 2.24) is 10.2 Å². The fraction of sp³-hybridized carbons (Fsp3) is 0.222. The van der Waals surface area contributed by atoms with Gasteiger partial charge in [0.15, 0.2) is 5.78 Å². The maximum absolute atomic E-state index is 12.6. The Hall–Kier alpha value is -1.66. The lowest BCUT2D eigenvalue weighted by molar-refractivity contribution is 0.0969. The van der Waals surface area contributed by atoms with Gasteiger partial charge in [0, 0.05) is 35.0 Å². The van der Waals surface area contributed by atoms with Crippen LogP contribution in [0.25, 0.3) is 0 Å². The predicted octanol–water partition coefficient (Wildman–Crippen LogP) is 4.80. The van der Waals surface area contributed by atoms with Crippen LogP contribution in [0.1, 0.15) is 28.4 Å². The van der Waals surface area contributed by atoms with Crippen LogP contribution < -0.4 is 5.32 Å². The first-order chi connectivity index (χ1) is 11.4. The minimum atomic E-state index is -0.395. The van der Waals surface area contributed by atoms with Gasteiger partial charge in [0.25, 0.3) is 0 Å². The van der Waals surface area contributed by atoms with Gasteiger partial charge >= 0.3 is 6.03 Å². The lowest BCUT2D eigenvalue weighted by atomic mass is 9.98. The van der Waals surface area contributed by atoms with Crippen LogP contribution in [-0.4, -0.2) is 30.8 Å². The van der Waals surface area contributed by atoms with Crippen molar-refractivity contribution in [3.63, 3.8) is 0 Å². The highest BCUT2D eigenvalue weighted by Gasteiger charge is 2.20. The Morgan fingerprint density at radius 1 is 1.04 bits per heavy atom. The summed E-state index contributed by atoms with van der Waals surface area (Å²) in [6.07, 6.45) is 0.192. The fourth-order valence-electron chi connectivity index (χ4n) is 2.19. The molecule has 2 aromatic carbocycles. The number of carbonyl (C=O) groups excluding carboxylic acids is 2. The van der Waals surface area contributed by atoms with E-state index in [9.17, 15) is 9.59 Å². The van der Waals surface area contributed by atoms with Crippen molar-refractivity contribution in [1.29, 1.82) is 0 Å². The van der Waals surface area contributed by atoms with Gasteiger partial charge in [-0.25, -0.2) is 4.79 Å². The van der Waals surface area contributed by atoms with E-state index in [2.05, 4.69) is 37.2 Å². The second-order valence-corrected chi connectivity index (χ2v) is 7.42. The van der Waals surface area contributed by atoms with Crippen molar-refractivity contribution in [3.05, 3.63) is 68.6 Å². The van der Waals surface area contributed by atoms with Crippen LogP contribution in [0.15, 0.2) is 57.5 Å². The van der Waals surface area contributed by atoms with Crippen molar-refractivity contribution in [3.8, 4) is 0 Å². The maximum Gasteiger partial charge on any atom is 0.317 e. The highest BCUT2D eigenvalue weighted by Crippen LogP contribution is 2.23. The van der Waals surface area contributed by atoms with Crippen LogP contribution in [0.4, 0.5) is 4.79 Å². The molecule has 0 saturated carbocycles. The zero-order valence-corrected chi connectivity index (χ0v) is 16.6. The van der Waals surface area contributed by atoms with Gasteiger partial charge in [-0.3, -0.25) is 4.79 Å². The number of nitrogens with zero attached hydrogens (tertiary/aromatic N) is 1. The summed E-state index contributed by atoms with van der Waals surface area (Å²) < 4.78 is 1.82. The van der Waals surface area contributed by atoms with Gasteiger partial charge < -0.3 is 10.2 Å². The Morgan fingerprint density at radius 2 is 1.71 bits per heavy atom. The summed E-state index contributed by atoms with van der Waals surface area (Å²) in [6.45, 7) is 0. The Balaban J connectivity index is 2.23. The van der Waals surface area contributed by atoms with Gasteiger partial charge in [-0.05, 0) is 29.8 Å². The number of urea groups is 1. The highest BCUT2D eigenvalue weighted by atomic mass is 79.9. The van der Waals surface area contributed by atoms with E-state index in [4.69, 9.17) is 0 Å². The quantitative estimate of drug-likeness (QED) is 0.661. The first-order valence-corrected chi connectivity index (χ1v) is 8.97. The number of hydrogen-bond donors (Lipinski definition) is 1. The minimum Gasteiger partial charge on any atom is -0.331 e. The average molecular weight is 454 g/mol. The summed E-state index contributed by atoms with van der Waals surface area (Å²) >= 11 is 6.79. The van der Waals surface area contributed by atoms with Crippen LogP contribution in [0, 0.1) is 0 Å². The lowest BCUT2D eigenvalue weighted by Gasteiger charge is -2.21. The summed E-state index contributed by atoms with van der Waals surface area (Å²) in [7, 11) is 3.34. The third kappa shape index (κ3) is 5.18. The largest absolute Gasteiger partial charge is 0.331 e. The smallest absolute Gasteiger partial charge is 0.317 e. The van der Waals surface area contributed by atoms with Gasteiger partial charge in [0.05, 0.1) is 6.04 Å². The number of hydrogen-bond acceptors (Lipinski definition) is 2. The normalized spacial score (nSPS) is 11.7. The van der Waals surface area contributed by atoms with Gasteiger partial charge in [0.2, 0.25) is 0 Å². The first-order valence-electron chi connectivity index (χ1n) is 7.39. The van der Waals surface area contributed by atoms with Crippen molar-refractivity contribution in [2.45, 2.75) is 12.5 Å². The summed E-state index contributed by atoms with van der Waals surface area (Å²) in [5.41, 5.74) is 1.50. The van der Waals surface area contributed by atoms with Gasteiger partial charge in [-0.2, -0.15) is 0 Å². The molecule has 6 heteroatoms. The second kappa shape index (κ2) is 8.44.